The number of nitrogens with zero attached hydrogens (tertiary/aromatic N) is 1. The van der Waals surface area contributed by atoms with Crippen LogP contribution in [0.3, 0.4) is 0 Å². The zero-order chi connectivity index (χ0) is 16.2. The predicted molar refractivity (Wildman–Crippen MR) is 92.3 cm³/mol. The van der Waals surface area contributed by atoms with Crippen LogP contribution in [0.4, 0.5) is 0 Å². The lowest BCUT2D eigenvalue weighted by atomic mass is 9.96. The summed E-state index contributed by atoms with van der Waals surface area (Å²) in [6, 6.07) is 11.9. The van der Waals surface area contributed by atoms with Crippen LogP contribution in [-0.4, -0.2) is 35.5 Å². The van der Waals surface area contributed by atoms with Crippen molar-refractivity contribution in [2.24, 2.45) is 5.92 Å². The molecule has 0 spiro atoms. The van der Waals surface area contributed by atoms with Crippen LogP contribution in [0.15, 0.2) is 36.4 Å². The van der Waals surface area contributed by atoms with Gasteiger partial charge in [0.1, 0.15) is 5.75 Å². The summed E-state index contributed by atoms with van der Waals surface area (Å²) >= 11 is 0. The van der Waals surface area contributed by atoms with Gasteiger partial charge in [0.2, 0.25) is 5.91 Å². The van der Waals surface area contributed by atoms with Gasteiger partial charge in [-0.25, -0.2) is 0 Å². The van der Waals surface area contributed by atoms with E-state index in [4.69, 9.17) is 0 Å². The van der Waals surface area contributed by atoms with E-state index in [1.807, 2.05) is 18.2 Å². The lowest BCUT2D eigenvalue weighted by Gasteiger charge is -2.33. The van der Waals surface area contributed by atoms with Crippen molar-refractivity contribution in [3.8, 4) is 5.75 Å². The molecule has 4 heteroatoms. The predicted octanol–water partition coefficient (Wildman–Crippen LogP) is 2.89. The summed E-state index contributed by atoms with van der Waals surface area (Å²) in [6.07, 6.45) is 2.29. The molecule has 1 aliphatic rings. The Morgan fingerprint density at radius 1 is 1.30 bits per heavy atom. The molecule has 1 amide bonds. The minimum absolute atomic E-state index is 0.0359. The highest BCUT2D eigenvalue weighted by Crippen LogP contribution is 2.29. The van der Waals surface area contributed by atoms with E-state index in [1.54, 1.807) is 13.0 Å². The highest BCUT2D eigenvalue weighted by atomic mass is 16.3. The Morgan fingerprint density at radius 3 is 2.96 bits per heavy atom. The van der Waals surface area contributed by atoms with Gasteiger partial charge in [-0.2, -0.15) is 0 Å². The standard InChI is InChI=1S/C19H24N2O2/c1-14(22)20-11-15-5-4-10-21(12-15)13-18-17-7-3-2-6-16(17)8-9-19(18)23/h2-3,6-9,15,23H,4-5,10-13H2,1H3,(H,20,22)/t15-/m1/s1. The maximum absolute atomic E-state index is 11.1. The number of nitrogens with one attached hydrogen (secondary N) is 1. The number of fused-ring (bicyclic) bond motifs is 1. The Balaban J connectivity index is 1.74. The molecule has 23 heavy (non-hydrogen) atoms. The molecule has 0 aromatic heterocycles. The van der Waals surface area contributed by atoms with E-state index in [9.17, 15) is 9.90 Å². The number of carbonyl (C=O) groups is 1. The smallest absolute Gasteiger partial charge is 0.216 e. The Bertz CT molecular complexity index is 699. The quantitative estimate of drug-likeness (QED) is 0.913. The van der Waals surface area contributed by atoms with Gasteiger partial charge in [0.25, 0.3) is 0 Å². The molecule has 1 saturated heterocycles. The Labute approximate surface area is 137 Å². The summed E-state index contributed by atoms with van der Waals surface area (Å²) in [5.41, 5.74) is 1.00. The normalized spacial score (nSPS) is 18.9. The maximum Gasteiger partial charge on any atom is 0.216 e. The van der Waals surface area contributed by atoms with E-state index in [0.717, 1.165) is 55.4 Å². The van der Waals surface area contributed by atoms with E-state index < -0.39 is 0 Å². The second-order valence-corrected chi connectivity index (χ2v) is 6.46. The van der Waals surface area contributed by atoms with Gasteiger partial charge in [0.15, 0.2) is 0 Å². The Morgan fingerprint density at radius 2 is 2.13 bits per heavy atom. The first-order valence-corrected chi connectivity index (χ1v) is 8.30. The van der Waals surface area contributed by atoms with Gasteiger partial charge in [-0.05, 0) is 42.1 Å². The number of carbonyl (C=O) groups excluding carboxylic acids is 1. The van der Waals surface area contributed by atoms with Crippen LogP contribution in [0.2, 0.25) is 0 Å². The van der Waals surface area contributed by atoms with Gasteiger partial charge >= 0.3 is 0 Å². The third kappa shape index (κ3) is 3.82. The fraction of sp³-hybridized carbons (Fsp3) is 0.421. The number of phenols is 1. The van der Waals surface area contributed by atoms with Gasteiger partial charge in [0, 0.05) is 32.1 Å². The largest absolute Gasteiger partial charge is 0.508 e. The number of amides is 1. The van der Waals surface area contributed by atoms with E-state index >= 15 is 0 Å². The summed E-state index contributed by atoms with van der Waals surface area (Å²) in [5, 5.41) is 15.5. The third-order valence-electron chi connectivity index (χ3n) is 4.64. The van der Waals surface area contributed by atoms with Crippen LogP contribution in [0, 0.1) is 5.92 Å². The molecule has 1 aliphatic heterocycles. The zero-order valence-corrected chi connectivity index (χ0v) is 13.6. The van der Waals surface area contributed by atoms with Crippen molar-refractivity contribution >= 4 is 16.7 Å². The van der Waals surface area contributed by atoms with Gasteiger partial charge in [-0.15, -0.1) is 0 Å². The Hall–Kier alpha value is -2.07. The fourth-order valence-corrected chi connectivity index (χ4v) is 3.46. The van der Waals surface area contributed by atoms with Crippen LogP contribution in [0.25, 0.3) is 10.8 Å². The number of likely N-dealkylation sites (tertiary alicyclic amines) is 1. The molecule has 1 atom stereocenters. The lowest BCUT2D eigenvalue weighted by Crippen LogP contribution is -2.40. The molecule has 1 heterocycles. The molecular weight excluding hydrogens is 288 g/mol. The summed E-state index contributed by atoms with van der Waals surface area (Å²) in [5.74, 6) is 0.895. The van der Waals surface area contributed by atoms with Crippen LogP contribution in [-0.2, 0) is 11.3 Å². The molecule has 2 aromatic rings. The highest BCUT2D eigenvalue weighted by Gasteiger charge is 2.21. The van der Waals surface area contributed by atoms with Gasteiger partial charge in [0.05, 0.1) is 0 Å². The molecule has 4 nitrogen and oxygen atoms in total. The maximum atomic E-state index is 11.1. The number of phenolic OH excluding ortho intramolecular Hbond substituents is 1. The molecule has 0 radical (unpaired) electrons. The van der Waals surface area contributed by atoms with Crippen molar-refractivity contribution in [2.45, 2.75) is 26.3 Å². The number of aromatic hydroxyl groups is 1. The first-order valence-electron chi connectivity index (χ1n) is 8.30. The molecule has 1 fully saturated rings. The lowest BCUT2D eigenvalue weighted by molar-refractivity contribution is -0.119. The topological polar surface area (TPSA) is 52.6 Å². The summed E-state index contributed by atoms with van der Waals surface area (Å²) in [7, 11) is 0. The fourth-order valence-electron chi connectivity index (χ4n) is 3.46. The zero-order valence-electron chi connectivity index (χ0n) is 13.6. The van der Waals surface area contributed by atoms with Crippen molar-refractivity contribution in [3.63, 3.8) is 0 Å². The molecule has 0 saturated carbocycles. The summed E-state index contributed by atoms with van der Waals surface area (Å²) in [6.45, 7) is 5.06. The number of piperidine rings is 1. The average molecular weight is 312 g/mol. The van der Waals surface area contributed by atoms with Crippen molar-refractivity contribution in [1.82, 2.24) is 10.2 Å². The molecule has 0 unspecified atom stereocenters. The summed E-state index contributed by atoms with van der Waals surface area (Å²) < 4.78 is 0. The molecule has 2 N–H and O–H groups in total. The van der Waals surface area contributed by atoms with Crippen LogP contribution in [0.5, 0.6) is 5.75 Å². The van der Waals surface area contributed by atoms with Crippen molar-refractivity contribution < 1.29 is 9.90 Å². The van der Waals surface area contributed by atoms with Gasteiger partial charge in [-0.1, -0.05) is 30.3 Å². The van der Waals surface area contributed by atoms with Crippen molar-refractivity contribution in [1.29, 1.82) is 0 Å². The van der Waals surface area contributed by atoms with Gasteiger partial charge < -0.3 is 10.4 Å². The molecule has 3 rings (SSSR count). The second-order valence-electron chi connectivity index (χ2n) is 6.46. The van der Waals surface area contributed by atoms with Crippen molar-refractivity contribution in [3.05, 3.63) is 42.0 Å². The van der Waals surface area contributed by atoms with Crippen molar-refractivity contribution in [2.75, 3.05) is 19.6 Å². The first kappa shape index (κ1) is 15.8. The van der Waals surface area contributed by atoms with E-state index in [0.29, 0.717) is 11.7 Å². The number of hydrogen-bond acceptors (Lipinski definition) is 3. The monoisotopic (exact) mass is 312 g/mol. The van der Waals surface area contributed by atoms with E-state index in [1.165, 1.54) is 0 Å². The average Bonchev–Trinajstić information content (AvgIpc) is 2.56. The highest BCUT2D eigenvalue weighted by molar-refractivity contribution is 5.87. The molecule has 2 aromatic carbocycles. The Kier molecular flexibility index (Phi) is 4.82. The number of benzene rings is 2. The molecule has 0 aliphatic carbocycles. The minimum Gasteiger partial charge on any atom is -0.508 e. The van der Waals surface area contributed by atoms with E-state index in [-0.39, 0.29) is 5.91 Å². The molecule has 0 bridgehead atoms. The minimum atomic E-state index is 0.0359. The van der Waals surface area contributed by atoms with Crippen LogP contribution in [0.1, 0.15) is 25.3 Å². The van der Waals surface area contributed by atoms with E-state index in [2.05, 4.69) is 22.3 Å². The SMILES string of the molecule is CC(=O)NC[C@H]1CCCN(Cc2c(O)ccc3ccccc23)C1. The van der Waals surface area contributed by atoms with Gasteiger partial charge in [-0.3, -0.25) is 9.69 Å². The number of rotatable bonds is 4. The number of hydrogen-bond donors (Lipinski definition) is 2. The van der Waals surface area contributed by atoms with Crippen LogP contribution < -0.4 is 5.32 Å². The molecule has 122 valence electrons. The second kappa shape index (κ2) is 7.01. The molecular formula is C19H24N2O2. The van der Waals surface area contributed by atoms with Crippen LogP contribution >= 0.6 is 0 Å². The third-order valence-corrected chi connectivity index (χ3v) is 4.64. The summed E-state index contributed by atoms with van der Waals surface area (Å²) in [4.78, 5) is 13.5. The first-order chi connectivity index (χ1) is 11.1.